The number of hydrogen-bond donors (Lipinski definition) is 2. The predicted molar refractivity (Wildman–Crippen MR) is 82.4 cm³/mol. The fourth-order valence-corrected chi connectivity index (χ4v) is 2.10. The fraction of sp³-hybridized carbons (Fsp3) is 0.500. The van der Waals surface area contributed by atoms with Crippen molar-refractivity contribution in [3.05, 3.63) is 33.8 Å². The first kappa shape index (κ1) is 17.2. The molecule has 20 heavy (non-hydrogen) atoms. The van der Waals surface area contributed by atoms with Gasteiger partial charge in [-0.1, -0.05) is 36.2 Å². The topological polar surface area (TPSA) is 50.4 Å². The summed E-state index contributed by atoms with van der Waals surface area (Å²) in [6, 6.07) is 5.58. The third kappa shape index (κ3) is 5.67. The van der Waals surface area contributed by atoms with Crippen molar-refractivity contribution in [3.8, 4) is 0 Å². The lowest BCUT2D eigenvalue weighted by Gasteiger charge is -2.17. The summed E-state index contributed by atoms with van der Waals surface area (Å²) in [5.74, 6) is -0.0550. The third-order valence-corrected chi connectivity index (χ3v) is 3.63. The molecule has 0 heterocycles. The minimum Gasteiger partial charge on any atom is -0.383 e. The van der Waals surface area contributed by atoms with E-state index in [1.54, 1.807) is 13.2 Å². The summed E-state index contributed by atoms with van der Waals surface area (Å²) in [5, 5.41) is 7.02. The molecule has 2 N–H and O–H groups in total. The first-order valence-corrected chi connectivity index (χ1v) is 7.28. The van der Waals surface area contributed by atoms with E-state index in [2.05, 4.69) is 10.6 Å². The van der Waals surface area contributed by atoms with Crippen LogP contribution in [0.3, 0.4) is 0 Å². The molecule has 0 saturated heterocycles. The van der Waals surface area contributed by atoms with Crippen LogP contribution in [-0.4, -0.2) is 32.7 Å². The van der Waals surface area contributed by atoms with Gasteiger partial charge >= 0.3 is 0 Å². The molecular weight excluding hydrogens is 299 g/mol. The van der Waals surface area contributed by atoms with Crippen LogP contribution in [0.25, 0.3) is 0 Å². The molecule has 0 aliphatic heterocycles. The van der Waals surface area contributed by atoms with Gasteiger partial charge in [0.05, 0.1) is 23.2 Å². The molecule has 1 rings (SSSR count). The van der Waals surface area contributed by atoms with Crippen LogP contribution < -0.4 is 10.6 Å². The number of hydrogen-bond acceptors (Lipinski definition) is 3. The molecular formula is C14H20Cl2N2O2. The van der Waals surface area contributed by atoms with E-state index in [0.29, 0.717) is 23.2 Å². The highest BCUT2D eigenvalue weighted by atomic mass is 35.5. The molecule has 1 amide bonds. The molecule has 1 atom stereocenters. The summed E-state index contributed by atoms with van der Waals surface area (Å²) in [6.45, 7) is 3.32. The van der Waals surface area contributed by atoms with Crippen LogP contribution in [0.1, 0.15) is 24.9 Å². The van der Waals surface area contributed by atoms with Crippen molar-refractivity contribution in [3.63, 3.8) is 0 Å². The maximum Gasteiger partial charge on any atom is 0.234 e. The van der Waals surface area contributed by atoms with Crippen LogP contribution in [0.15, 0.2) is 18.2 Å². The van der Waals surface area contributed by atoms with E-state index in [0.717, 1.165) is 12.0 Å². The Morgan fingerprint density at radius 3 is 2.70 bits per heavy atom. The average Bonchev–Trinajstić information content (AvgIpc) is 2.43. The summed E-state index contributed by atoms with van der Waals surface area (Å²) < 4.78 is 4.87. The van der Waals surface area contributed by atoms with Gasteiger partial charge < -0.3 is 15.4 Å². The third-order valence-electron chi connectivity index (χ3n) is 2.89. The Morgan fingerprint density at radius 1 is 1.35 bits per heavy atom. The quantitative estimate of drug-likeness (QED) is 0.725. The van der Waals surface area contributed by atoms with Crippen molar-refractivity contribution in [1.82, 2.24) is 10.6 Å². The number of methoxy groups -OCH3 is 1. The first-order chi connectivity index (χ1) is 9.58. The van der Waals surface area contributed by atoms with Gasteiger partial charge in [-0.25, -0.2) is 0 Å². The van der Waals surface area contributed by atoms with Gasteiger partial charge in [0, 0.05) is 19.7 Å². The van der Waals surface area contributed by atoms with Crippen LogP contribution in [0.5, 0.6) is 0 Å². The largest absolute Gasteiger partial charge is 0.383 e. The van der Waals surface area contributed by atoms with Crippen molar-refractivity contribution in [1.29, 1.82) is 0 Å². The molecule has 0 aromatic heterocycles. The lowest BCUT2D eigenvalue weighted by Crippen LogP contribution is -2.37. The van der Waals surface area contributed by atoms with E-state index in [-0.39, 0.29) is 18.5 Å². The zero-order valence-corrected chi connectivity index (χ0v) is 13.2. The molecule has 0 radical (unpaired) electrons. The van der Waals surface area contributed by atoms with Gasteiger partial charge in [0.1, 0.15) is 0 Å². The highest BCUT2D eigenvalue weighted by Crippen LogP contribution is 2.26. The van der Waals surface area contributed by atoms with E-state index in [1.165, 1.54) is 0 Å². The lowest BCUT2D eigenvalue weighted by molar-refractivity contribution is -0.120. The maximum absolute atomic E-state index is 11.6. The Balaban J connectivity index is 2.50. The van der Waals surface area contributed by atoms with Crippen LogP contribution >= 0.6 is 23.2 Å². The minimum atomic E-state index is -0.0550. The monoisotopic (exact) mass is 318 g/mol. The number of ether oxygens (including phenoxy) is 1. The molecule has 6 heteroatoms. The number of carbonyl (C=O) groups excluding carboxylic acids is 1. The summed E-state index contributed by atoms with van der Waals surface area (Å²) in [5.41, 5.74) is 1.02. The van der Waals surface area contributed by atoms with Crippen molar-refractivity contribution >= 4 is 29.1 Å². The average molecular weight is 319 g/mol. The van der Waals surface area contributed by atoms with Gasteiger partial charge in [-0.15, -0.1) is 0 Å². The molecule has 0 saturated carbocycles. The smallest absolute Gasteiger partial charge is 0.234 e. The van der Waals surface area contributed by atoms with Crippen LogP contribution in [0, 0.1) is 0 Å². The summed E-state index contributed by atoms with van der Waals surface area (Å²) in [6.07, 6.45) is 0.851. The molecule has 1 unspecified atom stereocenters. The van der Waals surface area contributed by atoms with Gasteiger partial charge in [0.15, 0.2) is 0 Å². The molecule has 4 nitrogen and oxygen atoms in total. The second kappa shape index (κ2) is 9.19. The Bertz CT molecular complexity index is 441. The zero-order valence-electron chi connectivity index (χ0n) is 11.7. The van der Waals surface area contributed by atoms with Gasteiger partial charge in [-0.05, 0) is 24.1 Å². The number of halogens is 2. The molecule has 112 valence electrons. The van der Waals surface area contributed by atoms with E-state index in [4.69, 9.17) is 27.9 Å². The van der Waals surface area contributed by atoms with Crippen LogP contribution in [0.4, 0.5) is 0 Å². The highest BCUT2D eigenvalue weighted by molar-refractivity contribution is 6.42. The van der Waals surface area contributed by atoms with Crippen molar-refractivity contribution in [2.75, 3.05) is 26.8 Å². The standard InChI is InChI=1S/C14H20Cl2N2O2/c1-3-13(10-4-5-11(15)12(16)8-10)18-9-14(19)17-6-7-20-2/h4-5,8,13,18H,3,6-7,9H2,1-2H3,(H,17,19). The summed E-state index contributed by atoms with van der Waals surface area (Å²) in [7, 11) is 1.60. The van der Waals surface area contributed by atoms with Crippen LogP contribution in [-0.2, 0) is 9.53 Å². The van der Waals surface area contributed by atoms with Gasteiger partial charge in [0.25, 0.3) is 0 Å². The number of nitrogens with one attached hydrogen (secondary N) is 2. The Morgan fingerprint density at radius 2 is 2.10 bits per heavy atom. The maximum atomic E-state index is 11.6. The van der Waals surface area contributed by atoms with E-state index >= 15 is 0 Å². The highest BCUT2D eigenvalue weighted by Gasteiger charge is 2.12. The van der Waals surface area contributed by atoms with E-state index in [1.807, 2.05) is 19.1 Å². The Hall–Kier alpha value is -0.810. The van der Waals surface area contributed by atoms with Crippen LogP contribution in [0.2, 0.25) is 10.0 Å². The van der Waals surface area contributed by atoms with Crippen molar-refractivity contribution < 1.29 is 9.53 Å². The zero-order chi connectivity index (χ0) is 15.0. The molecule has 0 aliphatic rings. The van der Waals surface area contributed by atoms with Gasteiger partial charge in [0.2, 0.25) is 5.91 Å². The molecule has 0 bridgehead atoms. The molecule has 0 aliphatic carbocycles. The lowest BCUT2D eigenvalue weighted by atomic mass is 10.0. The summed E-state index contributed by atoms with van der Waals surface area (Å²) >= 11 is 11.9. The second-order valence-corrected chi connectivity index (χ2v) is 5.17. The molecule has 0 fully saturated rings. The number of carbonyl (C=O) groups is 1. The normalized spacial score (nSPS) is 12.2. The first-order valence-electron chi connectivity index (χ1n) is 6.52. The number of benzene rings is 1. The van der Waals surface area contributed by atoms with Gasteiger partial charge in [-0.2, -0.15) is 0 Å². The van der Waals surface area contributed by atoms with Crippen molar-refractivity contribution in [2.45, 2.75) is 19.4 Å². The number of rotatable bonds is 8. The predicted octanol–water partition coefficient (Wildman–Crippen LogP) is 2.80. The fourth-order valence-electron chi connectivity index (χ4n) is 1.80. The summed E-state index contributed by atoms with van der Waals surface area (Å²) in [4.78, 5) is 11.6. The minimum absolute atomic E-state index is 0.0550. The number of amides is 1. The second-order valence-electron chi connectivity index (χ2n) is 4.36. The molecule has 1 aromatic rings. The van der Waals surface area contributed by atoms with E-state index in [9.17, 15) is 4.79 Å². The van der Waals surface area contributed by atoms with Gasteiger partial charge in [-0.3, -0.25) is 4.79 Å². The SMILES string of the molecule is CCC(NCC(=O)NCCOC)c1ccc(Cl)c(Cl)c1. The molecule has 1 aromatic carbocycles. The van der Waals surface area contributed by atoms with Crippen molar-refractivity contribution in [2.24, 2.45) is 0 Å². The molecule has 0 spiro atoms. The Kier molecular flexibility index (Phi) is 7.92. The Labute approximate surface area is 129 Å². The van der Waals surface area contributed by atoms with E-state index < -0.39 is 0 Å².